The van der Waals surface area contributed by atoms with E-state index < -0.39 is 308 Å². The number of benzene rings is 7. The summed E-state index contributed by atoms with van der Waals surface area (Å²) in [5.41, 5.74) is 9.14. The second-order valence-electron chi connectivity index (χ2n) is 35.6. The van der Waals surface area contributed by atoms with Gasteiger partial charge in [-0.05, 0) is 152 Å². The molecule has 22 N–H and O–H groups in total. The van der Waals surface area contributed by atoms with Crippen molar-refractivity contribution in [3.8, 4) is 68.2 Å². The van der Waals surface area contributed by atoms with Crippen molar-refractivity contribution in [3.63, 3.8) is 0 Å². The molecule has 8 aliphatic heterocycles. The van der Waals surface area contributed by atoms with E-state index in [2.05, 4.69) is 42.5 Å². The fourth-order valence-corrected chi connectivity index (χ4v) is 17.9. The SMILES string of the molecule is CC(C)C[C@H](C(=O)N[C@H]1C(=O)N[C@@H](CC(N)=O)C(=O)N[C@H]2C(=O)N[C@H]3C(=O)N[C@H](C(=O)N[C@H](C(=O)O)c4cc(O)cc(O)c4-c4cc3ccc4O)[C@H](O[C@H]3C[C@](C)(N)[C@@H](O)[C@H](C)O3)c3ccc(c(Cl)c3)Oc3cc2cc(c3O[C@@H]2O[C@H](CO)[C@@H](O)[C@H](O)[C@H]2O[C@H]2C[C@](C)(NCc3ccc(-c4ccc(Cl)cc4)cc3)[C@H](O)[C@H](C)O2)Oc2ccc(cc2Cl)[C@H]1O)N(C)C(=O)CCCC(=O)NC(C=O)C=O. The van der Waals surface area contributed by atoms with Gasteiger partial charge in [-0.15, -0.1) is 0 Å². The fourth-order valence-electron chi connectivity index (χ4n) is 17.3. The summed E-state index contributed by atoms with van der Waals surface area (Å²) in [5.74, 6) is -19.1. The van der Waals surface area contributed by atoms with Crippen LogP contribution in [0.25, 0.3) is 22.3 Å². The van der Waals surface area contributed by atoms with Crippen LogP contribution in [0.2, 0.25) is 15.1 Å². The van der Waals surface area contributed by atoms with Crippen LogP contribution in [0.1, 0.15) is 150 Å². The van der Waals surface area contributed by atoms with Crippen LogP contribution in [0.4, 0.5) is 0 Å². The number of aliphatic hydroxyl groups excluding tert-OH is 6. The standard InChI is InChI=1S/C94H106Cl3N11O30/c1-40(2)25-58(108(7)68(117)10-8-9-67(116)101-51(37-109)38-110)86(124)106-75-77(118)47-18-23-61(55(96)27-47)133-63-29-49-30-64(81(63)138-92-82(79(120)78(119)65(39-111)135-92)137-70-35-94(6,84(122)42(4)132-70)100-36-43-11-13-44(14-12-43)45-15-20-50(95)21-16-45)134-62-24-19-48(28-56(62)97)80(136-69-34-93(5,99)83(121)41(3)131-69)76-90(128)105-74(91(129)130)54-31-52(112)32-60(114)71(54)53-26-46(17-22-59(53)113)72(87(125)107-76)104-88(126)73(49)103-85(123)57(33-66(98)115)102-89(75)127/h11-24,26-32,37-38,40-42,51,57-58,65,69-70,72-80,82-84,92,100,111-114,118-122H,8-10,25,33-36,39,99H2,1-7H3,(H2,98,115)(H,101,116)(H,102,127)(H,103,123)(H,104,126)(H,105,128)(H,106,124)(H,107,125)(H,129,130)/t41-,42-,57-,58+,65+,69-,70-,72+,73+,74-,75+,76-,77+,78+,79-,80+,82+,83-,84+,92-,93-,94-/m0/s1. The zero-order chi connectivity index (χ0) is 100. The van der Waals surface area contributed by atoms with E-state index in [1.54, 1.807) is 39.8 Å². The maximum atomic E-state index is 16.7. The highest BCUT2D eigenvalue weighted by Crippen LogP contribution is 2.51. The fraction of sp³-hybridized carbons (Fsp3) is 0.426. The maximum Gasteiger partial charge on any atom is 0.330 e. The average Bonchev–Trinajstić information content (AvgIpc) is 0.761. The molecule has 22 atom stereocenters. The quantitative estimate of drug-likeness (QED) is 0.0271. The Morgan fingerprint density at radius 2 is 1.24 bits per heavy atom. The summed E-state index contributed by atoms with van der Waals surface area (Å²) in [7, 11) is 1.24. The van der Waals surface area contributed by atoms with Crippen molar-refractivity contribution in [2.45, 2.75) is 232 Å². The van der Waals surface area contributed by atoms with E-state index in [-0.39, 0.29) is 62.3 Å². The van der Waals surface area contributed by atoms with Crippen molar-refractivity contribution in [3.05, 3.63) is 176 Å². The molecule has 8 heterocycles. The molecule has 44 heteroatoms. The molecule has 3 fully saturated rings. The molecule has 738 valence electrons. The minimum absolute atomic E-state index is 0.148. The first kappa shape index (κ1) is 103. The summed E-state index contributed by atoms with van der Waals surface area (Å²) >= 11 is 20.9. The number of phenols is 3. The van der Waals surface area contributed by atoms with Crippen molar-refractivity contribution in [2.24, 2.45) is 17.4 Å². The molecule has 138 heavy (non-hydrogen) atoms. The number of hydrogen-bond donors (Lipinski definition) is 20. The number of rotatable bonds is 26. The molecule has 0 aromatic heterocycles. The van der Waals surface area contributed by atoms with Crippen molar-refractivity contribution in [2.75, 3.05) is 13.7 Å². The monoisotopic (exact) mass is 1970 g/mol. The lowest BCUT2D eigenvalue weighted by atomic mass is 9.84. The van der Waals surface area contributed by atoms with Gasteiger partial charge in [0, 0.05) is 78.1 Å². The zero-order valence-electron chi connectivity index (χ0n) is 75.2. The lowest BCUT2D eigenvalue weighted by Crippen LogP contribution is -2.65. The summed E-state index contributed by atoms with van der Waals surface area (Å²) in [6.45, 7) is 8.63. The molecule has 8 aliphatic rings. The number of nitrogens with two attached hydrogens (primary N) is 2. The van der Waals surface area contributed by atoms with Crippen molar-refractivity contribution >= 4 is 107 Å². The van der Waals surface area contributed by atoms with Crippen molar-refractivity contribution in [1.29, 1.82) is 0 Å². The van der Waals surface area contributed by atoms with Gasteiger partial charge in [-0.1, -0.05) is 103 Å². The van der Waals surface area contributed by atoms with Crippen LogP contribution in [-0.4, -0.2) is 250 Å². The average molecular weight is 1980 g/mol. The molecular formula is C94H106Cl3N11O30. The minimum Gasteiger partial charge on any atom is -0.508 e. The number of ether oxygens (including phenoxy) is 8. The molecule has 15 rings (SSSR count). The lowest BCUT2D eigenvalue weighted by molar-refractivity contribution is -0.334. The number of carbonyl (C=O) groups excluding carboxylic acids is 11. The Morgan fingerprint density at radius 3 is 1.85 bits per heavy atom. The summed E-state index contributed by atoms with van der Waals surface area (Å²) in [4.78, 5) is 173. The number of nitrogens with zero attached hydrogens (tertiary/aromatic N) is 1. The molecule has 9 amide bonds. The van der Waals surface area contributed by atoms with E-state index in [1.807, 2.05) is 36.4 Å². The van der Waals surface area contributed by atoms with Gasteiger partial charge in [0.15, 0.2) is 36.2 Å². The number of amides is 9. The third kappa shape index (κ3) is 23.3. The van der Waals surface area contributed by atoms with Gasteiger partial charge in [-0.2, -0.15) is 0 Å². The largest absolute Gasteiger partial charge is 0.508 e. The lowest BCUT2D eigenvalue weighted by Gasteiger charge is -2.48. The maximum absolute atomic E-state index is 16.7. The number of halogens is 3. The molecule has 0 unspecified atom stereocenters. The van der Waals surface area contributed by atoms with Gasteiger partial charge in [0.2, 0.25) is 65.2 Å². The van der Waals surface area contributed by atoms with Crippen LogP contribution >= 0.6 is 34.8 Å². The van der Waals surface area contributed by atoms with Crippen LogP contribution < -0.4 is 68.2 Å². The van der Waals surface area contributed by atoms with Crippen LogP contribution in [0.15, 0.2) is 127 Å². The Kier molecular flexibility index (Phi) is 32.4. The zero-order valence-corrected chi connectivity index (χ0v) is 77.5. The van der Waals surface area contributed by atoms with Gasteiger partial charge in [-0.3, -0.25) is 43.2 Å². The second-order valence-corrected chi connectivity index (χ2v) is 36.9. The number of hydrogen-bond acceptors (Lipinski definition) is 31. The molecule has 41 nitrogen and oxygen atoms in total. The van der Waals surface area contributed by atoms with Crippen LogP contribution in [0, 0.1) is 5.92 Å². The molecule has 3 saturated heterocycles. The van der Waals surface area contributed by atoms with E-state index in [0.717, 1.165) is 94.4 Å². The summed E-state index contributed by atoms with van der Waals surface area (Å²) in [5, 5.41) is 138. The molecule has 7 aromatic rings. The number of aromatic hydroxyl groups is 3. The van der Waals surface area contributed by atoms with Gasteiger partial charge >= 0.3 is 5.97 Å². The number of aldehydes is 2. The topological polar surface area (TPSA) is 633 Å². The summed E-state index contributed by atoms with van der Waals surface area (Å²) < 4.78 is 53.0. The first-order valence-electron chi connectivity index (χ1n) is 44.0. The highest BCUT2D eigenvalue weighted by Gasteiger charge is 2.54. The molecular weight excluding hydrogens is 1870 g/mol. The molecule has 0 spiro atoms. The van der Waals surface area contributed by atoms with Gasteiger partial charge in [0.25, 0.3) is 0 Å². The van der Waals surface area contributed by atoms with Gasteiger partial charge < -0.3 is 157 Å². The molecule has 7 aromatic carbocycles. The molecule has 0 radical (unpaired) electrons. The van der Waals surface area contributed by atoms with Gasteiger partial charge in [0.05, 0.1) is 47.5 Å². The Hall–Kier alpha value is -12.3. The number of carboxylic acid groups (broad SMARTS) is 1. The van der Waals surface area contributed by atoms with E-state index >= 15 is 28.8 Å². The third-order valence-corrected chi connectivity index (χ3v) is 25.7. The summed E-state index contributed by atoms with van der Waals surface area (Å²) in [6, 6.07) is 11.2. The number of aliphatic hydroxyl groups is 6. The smallest absolute Gasteiger partial charge is 0.330 e. The van der Waals surface area contributed by atoms with E-state index in [4.69, 9.17) is 84.2 Å². The Balaban J connectivity index is 0.996. The second kappa shape index (κ2) is 43.4. The minimum atomic E-state index is -2.49. The summed E-state index contributed by atoms with van der Waals surface area (Å²) in [6.07, 6.45) is -24.7. The first-order valence-corrected chi connectivity index (χ1v) is 45.1. The number of carbonyl (C=O) groups is 12. The van der Waals surface area contributed by atoms with Crippen LogP contribution in [0.5, 0.6) is 46.0 Å². The van der Waals surface area contributed by atoms with E-state index in [1.165, 1.54) is 27.0 Å². The Bertz CT molecular complexity index is 5780. The molecule has 0 aliphatic carbocycles. The number of primary amides is 1. The highest BCUT2D eigenvalue weighted by atomic mass is 35.5. The number of carboxylic acids is 1. The van der Waals surface area contributed by atoms with Crippen molar-refractivity contribution < 1.29 is 146 Å². The van der Waals surface area contributed by atoms with Gasteiger partial charge in [-0.25, -0.2) is 4.79 Å². The number of phenolic OH excluding ortho intramolecular Hbond substituents is 3. The Morgan fingerprint density at radius 1 is 0.645 bits per heavy atom. The number of aliphatic carboxylic acids is 1. The van der Waals surface area contributed by atoms with Gasteiger partial charge in [0.1, 0.15) is 114 Å². The van der Waals surface area contributed by atoms with E-state index in [0.29, 0.717) is 5.02 Å². The number of fused-ring (bicyclic) bond motifs is 15. The highest BCUT2D eigenvalue weighted by molar-refractivity contribution is 6.32. The predicted molar refractivity (Wildman–Crippen MR) is 487 cm³/mol. The molecule has 0 saturated carbocycles. The number of likely N-dealkylation sites (N-methyl/N-ethyl adjacent to an activating group) is 1. The Labute approximate surface area is 803 Å². The molecule has 11 bridgehead atoms. The van der Waals surface area contributed by atoms with E-state index in [9.17, 15) is 79.8 Å². The third-order valence-electron chi connectivity index (χ3n) is 24.8. The van der Waals surface area contributed by atoms with Crippen LogP contribution in [0.3, 0.4) is 0 Å². The van der Waals surface area contributed by atoms with Crippen molar-refractivity contribution in [1.82, 2.24) is 47.4 Å². The normalized spacial score (nSPS) is 27.9. The van der Waals surface area contributed by atoms with Crippen LogP contribution in [-0.2, 0) is 87.8 Å². The predicted octanol–water partition coefficient (Wildman–Crippen LogP) is 3.79. The first-order chi connectivity index (χ1) is 65.3. The number of nitrogens with one attached hydrogen (secondary N) is 8.